The van der Waals surface area contributed by atoms with Gasteiger partial charge >= 0.3 is 11.8 Å². The predicted molar refractivity (Wildman–Crippen MR) is 82.9 cm³/mol. The normalized spacial score (nSPS) is 21.3. The van der Waals surface area contributed by atoms with Crippen LogP contribution in [0.15, 0.2) is 12.2 Å². The number of amides is 3. The summed E-state index contributed by atoms with van der Waals surface area (Å²) in [5.74, 6) is -0.551. The molecule has 0 unspecified atom stereocenters. The Morgan fingerprint density at radius 2 is 1.77 bits per heavy atom. The minimum Gasteiger partial charge on any atom is -0.346 e. The highest BCUT2D eigenvalue weighted by Crippen LogP contribution is 2.21. The number of allylic oxidation sites excluding steroid dienone is 2. The molecule has 0 radical (unpaired) electrons. The summed E-state index contributed by atoms with van der Waals surface area (Å²) >= 11 is 0. The molecule has 1 heterocycles. The number of nitrogens with zero attached hydrogens (tertiary/aromatic N) is 2. The van der Waals surface area contributed by atoms with Crippen molar-refractivity contribution in [1.29, 1.82) is 0 Å². The Balaban J connectivity index is 1.77. The van der Waals surface area contributed by atoms with Crippen molar-refractivity contribution in [3.8, 4) is 0 Å². The fourth-order valence-electron chi connectivity index (χ4n) is 2.85. The van der Waals surface area contributed by atoms with Crippen LogP contribution in [0.2, 0.25) is 0 Å². The molecule has 122 valence electrons. The molecule has 1 N–H and O–H groups in total. The highest BCUT2D eigenvalue weighted by atomic mass is 16.2. The van der Waals surface area contributed by atoms with Gasteiger partial charge in [-0.25, -0.2) is 0 Å². The van der Waals surface area contributed by atoms with Crippen LogP contribution < -0.4 is 5.32 Å². The molecular weight excluding hydrogens is 282 g/mol. The summed E-state index contributed by atoms with van der Waals surface area (Å²) in [6.45, 7) is 5.51. The zero-order valence-electron chi connectivity index (χ0n) is 13.4. The van der Waals surface area contributed by atoms with Crippen molar-refractivity contribution in [1.82, 2.24) is 15.1 Å². The van der Waals surface area contributed by atoms with Gasteiger partial charge in [-0.2, -0.15) is 0 Å². The maximum absolute atomic E-state index is 12.2. The highest BCUT2D eigenvalue weighted by Gasteiger charge is 2.28. The Morgan fingerprint density at radius 1 is 1.14 bits per heavy atom. The highest BCUT2D eigenvalue weighted by molar-refractivity contribution is 6.35. The lowest BCUT2D eigenvalue weighted by Crippen LogP contribution is -2.54. The van der Waals surface area contributed by atoms with Crippen LogP contribution in [0.4, 0.5) is 0 Å². The first-order valence-corrected chi connectivity index (χ1v) is 8.01. The largest absolute Gasteiger partial charge is 0.346 e. The summed E-state index contributed by atoms with van der Waals surface area (Å²) < 4.78 is 0. The van der Waals surface area contributed by atoms with Crippen LogP contribution in [0.1, 0.15) is 33.1 Å². The Morgan fingerprint density at radius 3 is 2.32 bits per heavy atom. The van der Waals surface area contributed by atoms with E-state index < -0.39 is 11.8 Å². The number of nitrogens with one attached hydrogen (secondary N) is 1. The number of piperazine rings is 1. The van der Waals surface area contributed by atoms with Crippen molar-refractivity contribution in [2.75, 3.05) is 26.2 Å². The van der Waals surface area contributed by atoms with Gasteiger partial charge in [0.25, 0.3) is 0 Å². The van der Waals surface area contributed by atoms with Crippen LogP contribution in [0.3, 0.4) is 0 Å². The second-order valence-electron chi connectivity index (χ2n) is 6.27. The molecule has 1 saturated heterocycles. The molecule has 2 rings (SSSR count). The lowest BCUT2D eigenvalue weighted by Gasteiger charge is -2.34. The molecule has 1 aliphatic heterocycles. The number of carbonyl (C=O) groups is 3. The van der Waals surface area contributed by atoms with Gasteiger partial charge in [0.2, 0.25) is 5.91 Å². The third-order valence-electron chi connectivity index (χ3n) is 4.08. The molecule has 1 aliphatic carbocycles. The molecular formula is C16H25N3O3. The molecule has 0 aromatic carbocycles. The summed E-state index contributed by atoms with van der Waals surface area (Å²) in [6.07, 6.45) is 6.92. The average Bonchev–Trinajstić information content (AvgIpc) is 2.98. The van der Waals surface area contributed by atoms with Gasteiger partial charge in [0.1, 0.15) is 0 Å². The second-order valence-corrected chi connectivity index (χ2v) is 6.27. The van der Waals surface area contributed by atoms with E-state index in [1.807, 2.05) is 13.8 Å². The average molecular weight is 307 g/mol. The summed E-state index contributed by atoms with van der Waals surface area (Å²) in [4.78, 5) is 39.2. The maximum Gasteiger partial charge on any atom is 0.312 e. The predicted octanol–water partition coefficient (Wildman–Crippen LogP) is 0.538. The van der Waals surface area contributed by atoms with Gasteiger partial charge in [0, 0.05) is 38.6 Å². The van der Waals surface area contributed by atoms with Crippen LogP contribution >= 0.6 is 0 Å². The summed E-state index contributed by atoms with van der Waals surface area (Å²) in [7, 11) is 0. The smallest absolute Gasteiger partial charge is 0.312 e. The van der Waals surface area contributed by atoms with Crippen molar-refractivity contribution >= 4 is 17.7 Å². The van der Waals surface area contributed by atoms with E-state index in [1.54, 1.807) is 4.90 Å². The van der Waals surface area contributed by atoms with Crippen LogP contribution in [0.25, 0.3) is 0 Å². The summed E-state index contributed by atoms with van der Waals surface area (Å²) in [6, 6.07) is -0.0567. The third-order valence-corrected chi connectivity index (χ3v) is 4.08. The molecule has 0 bridgehead atoms. The van der Waals surface area contributed by atoms with E-state index in [1.165, 1.54) is 4.90 Å². The second kappa shape index (κ2) is 7.42. The number of carbonyl (C=O) groups excluding carboxylic acids is 3. The molecule has 6 heteroatoms. The number of hydrogen-bond acceptors (Lipinski definition) is 3. The molecule has 0 saturated carbocycles. The van der Waals surface area contributed by atoms with E-state index in [0.717, 1.165) is 12.8 Å². The van der Waals surface area contributed by atoms with Crippen molar-refractivity contribution < 1.29 is 14.4 Å². The Kier molecular flexibility index (Phi) is 5.57. The molecule has 3 amide bonds. The van der Waals surface area contributed by atoms with Gasteiger partial charge in [0.05, 0.1) is 0 Å². The molecule has 0 aromatic rings. The van der Waals surface area contributed by atoms with Gasteiger partial charge in [-0.15, -0.1) is 0 Å². The molecule has 1 fully saturated rings. The first-order chi connectivity index (χ1) is 10.5. The maximum atomic E-state index is 12.2. The van der Waals surface area contributed by atoms with E-state index in [9.17, 15) is 14.4 Å². The SMILES string of the molecule is CC(C)NC(=O)C(=O)N1CCN(C(=O)C[C@@H]2C=CCC2)CC1. The molecule has 0 aromatic heterocycles. The van der Waals surface area contributed by atoms with E-state index >= 15 is 0 Å². The molecule has 6 nitrogen and oxygen atoms in total. The topological polar surface area (TPSA) is 69.7 Å². The fourth-order valence-corrected chi connectivity index (χ4v) is 2.85. The standard InChI is InChI=1S/C16H25N3O3/c1-12(2)17-15(21)16(22)19-9-7-18(8-10-19)14(20)11-13-5-3-4-6-13/h3,5,12-13H,4,6-11H2,1-2H3,(H,17,21)/t13-/m1/s1. The minimum absolute atomic E-state index is 0.0567. The van der Waals surface area contributed by atoms with Gasteiger partial charge in [-0.05, 0) is 32.6 Å². The van der Waals surface area contributed by atoms with Crippen molar-refractivity contribution in [3.05, 3.63) is 12.2 Å². The van der Waals surface area contributed by atoms with E-state index in [2.05, 4.69) is 17.5 Å². The molecule has 0 spiro atoms. The molecule has 1 atom stereocenters. The quantitative estimate of drug-likeness (QED) is 0.611. The van der Waals surface area contributed by atoms with E-state index in [0.29, 0.717) is 38.5 Å². The first-order valence-electron chi connectivity index (χ1n) is 8.01. The van der Waals surface area contributed by atoms with Crippen LogP contribution in [0, 0.1) is 5.92 Å². The molecule has 22 heavy (non-hydrogen) atoms. The summed E-state index contributed by atoms with van der Waals surface area (Å²) in [5.41, 5.74) is 0. The van der Waals surface area contributed by atoms with Gasteiger partial charge in [0.15, 0.2) is 0 Å². The first kappa shape index (κ1) is 16.5. The van der Waals surface area contributed by atoms with Crippen molar-refractivity contribution in [2.45, 2.75) is 39.2 Å². The molecule has 2 aliphatic rings. The zero-order valence-corrected chi connectivity index (χ0v) is 13.4. The number of rotatable bonds is 3. The van der Waals surface area contributed by atoms with Crippen LogP contribution in [-0.4, -0.2) is 59.7 Å². The van der Waals surface area contributed by atoms with Gasteiger partial charge in [-0.3, -0.25) is 14.4 Å². The van der Waals surface area contributed by atoms with Crippen molar-refractivity contribution in [3.63, 3.8) is 0 Å². The lowest BCUT2D eigenvalue weighted by molar-refractivity contribution is -0.148. The van der Waals surface area contributed by atoms with E-state index in [-0.39, 0.29) is 11.9 Å². The Bertz CT molecular complexity index is 465. The monoisotopic (exact) mass is 307 g/mol. The fraction of sp³-hybridized carbons (Fsp3) is 0.688. The van der Waals surface area contributed by atoms with Crippen LogP contribution in [-0.2, 0) is 14.4 Å². The number of hydrogen-bond donors (Lipinski definition) is 1. The summed E-state index contributed by atoms with van der Waals surface area (Å²) in [5, 5.41) is 2.60. The van der Waals surface area contributed by atoms with Crippen molar-refractivity contribution in [2.24, 2.45) is 5.92 Å². The van der Waals surface area contributed by atoms with Gasteiger partial charge in [-0.1, -0.05) is 12.2 Å². The third kappa shape index (κ3) is 4.32. The Hall–Kier alpha value is -1.85. The van der Waals surface area contributed by atoms with E-state index in [4.69, 9.17) is 0 Å². The lowest BCUT2D eigenvalue weighted by atomic mass is 10.0. The van der Waals surface area contributed by atoms with Gasteiger partial charge < -0.3 is 15.1 Å². The minimum atomic E-state index is -0.564. The van der Waals surface area contributed by atoms with Crippen LogP contribution in [0.5, 0.6) is 0 Å². The zero-order chi connectivity index (χ0) is 16.1. The Labute approximate surface area is 131 Å².